The number of pyridine rings is 1. The van der Waals surface area contributed by atoms with Crippen molar-refractivity contribution in [3.63, 3.8) is 0 Å². The fourth-order valence-corrected chi connectivity index (χ4v) is 5.44. The highest BCUT2D eigenvalue weighted by Gasteiger charge is 2.44. The number of nitrogen functional groups attached to an aromatic ring is 1. The molecule has 0 saturated carbocycles. The number of carbonyl (C=O) groups is 1. The highest BCUT2D eigenvalue weighted by atomic mass is 35.5. The highest BCUT2D eigenvalue weighted by Crippen LogP contribution is 2.47. The van der Waals surface area contributed by atoms with Crippen LogP contribution in [-0.2, 0) is 13.2 Å². The summed E-state index contributed by atoms with van der Waals surface area (Å²) in [6.45, 7) is 0.430. The third-order valence-electron chi connectivity index (χ3n) is 6.80. The van der Waals surface area contributed by atoms with Gasteiger partial charge in [0.1, 0.15) is 17.7 Å². The van der Waals surface area contributed by atoms with Crippen LogP contribution >= 0.6 is 11.6 Å². The van der Waals surface area contributed by atoms with Crippen LogP contribution in [0.4, 0.5) is 19.0 Å². The number of likely N-dealkylation sites (tertiary alicyclic amines) is 1. The Balaban J connectivity index is 1.44. The molecule has 1 amide bonds. The fourth-order valence-electron chi connectivity index (χ4n) is 5.20. The average molecular weight is 502 g/mol. The van der Waals surface area contributed by atoms with Crippen molar-refractivity contribution >= 4 is 45.1 Å². The monoisotopic (exact) mass is 501 g/mol. The van der Waals surface area contributed by atoms with Gasteiger partial charge in [-0.1, -0.05) is 17.7 Å². The summed E-state index contributed by atoms with van der Waals surface area (Å²) in [5.74, 6) is 0.151. The molecule has 6 rings (SSSR count). The Morgan fingerprint density at radius 1 is 1.23 bits per heavy atom. The Kier molecular flexibility index (Phi) is 4.70. The zero-order valence-electron chi connectivity index (χ0n) is 18.4. The number of anilines is 1. The molecule has 4 aromatic rings. The van der Waals surface area contributed by atoms with Crippen LogP contribution in [0.5, 0.6) is 5.75 Å². The Labute approximate surface area is 202 Å². The average Bonchev–Trinajstić information content (AvgIpc) is 3.38. The van der Waals surface area contributed by atoms with Gasteiger partial charge in [-0.3, -0.25) is 9.48 Å². The zero-order valence-corrected chi connectivity index (χ0v) is 19.2. The van der Waals surface area contributed by atoms with Crippen LogP contribution < -0.4 is 10.5 Å². The number of amides is 1. The zero-order chi connectivity index (χ0) is 24.6. The number of fused-ring (bicyclic) bond motifs is 6. The molecule has 1 fully saturated rings. The molecular formula is C24H19ClF3N5O2. The predicted molar refractivity (Wildman–Crippen MR) is 124 cm³/mol. The van der Waals surface area contributed by atoms with E-state index in [1.807, 2.05) is 0 Å². The lowest BCUT2D eigenvalue weighted by atomic mass is 9.93. The van der Waals surface area contributed by atoms with Crippen LogP contribution in [0.15, 0.2) is 36.5 Å². The van der Waals surface area contributed by atoms with Crippen molar-refractivity contribution < 1.29 is 22.7 Å². The van der Waals surface area contributed by atoms with E-state index >= 15 is 0 Å². The van der Waals surface area contributed by atoms with E-state index in [2.05, 4.69) is 10.1 Å². The molecule has 2 atom stereocenters. The number of alkyl halides is 3. The number of carbonyl (C=O) groups excluding carboxylic acids is 1. The van der Waals surface area contributed by atoms with E-state index in [0.29, 0.717) is 47.1 Å². The van der Waals surface area contributed by atoms with Crippen molar-refractivity contribution in [3.05, 3.63) is 58.2 Å². The van der Waals surface area contributed by atoms with E-state index in [1.54, 1.807) is 35.0 Å². The molecule has 2 aliphatic heterocycles. The Morgan fingerprint density at radius 2 is 2.03 bits per heavy atom. The van der Waals surface area contributed by atoms with Crippen LogP contribution in [-0.4, -0.2) is 38.2 Å². The summed E-state index contributed by atoms with van der Waals surface area (Å²) < 4.78 is 47.2. The van der Waals surface area contributed by atoms with Gasteiger partial charge in [-0.2, -0.15) is 18.3 Å². The van der Waals surface area contributed by atoms with Crippen molar-refractivity contribution in [1.82, 2.24) is 19.7 Å². The summed E-state index contributed by atoms with van der Waals surface area (Å²) in [5, 5.41) is 5.81. The first kappa shape index (κ1) is 22.0. The summed E-state index contributed by atoms with van der Waals surface area (Å²) in [5.41, 5.74) is 7.39. The van der Waals surface area contributed by atoms with Crippen LogP contribution in [0.25, 0.3) is 21.8 Å². The van der Waals surface area contributed by atoms with Gasteiger partial charge < -0.3 is 15.4 Å². The van der Waals surface area contributed by atoms with E-state index < -0.39 is 23.9 Å². The highest BCUT2D eigenvalue weighted by molar-refractivity contribution is 6.35. The number of aryl methyl sites for hydroxylation is 1. The fraction of sp³-hybridized carbons (Fsp3) is 0.292. The topological polar surface area (TPSA) is 86.3 Å². The van der Waals surface area contributed by atoms with Gasteiger partial charge in [0.25, 0.3) is 5.91 Å². The maximum absolute atomic E-state index is 13.8. The van der Waals surface area contributed by atoms with Gasteiger partial charge in [0, 0.05) is 24.5 Å². The van der Waals surface area contributed by atoms with Crippen molar-refractivity contribution in [2.24, 2.45) is 7.05 Å². The molecule has 7 nitrogen and oxygen atoms in total. The second-order valence-electron chi connectivity index (χ2n) is 8.87. The molecule has 2 aromatic carbocycles. The molecule has 0 radical (unpaired) electrons. The van der Waals surface area contributed by atoms with Gasteiger partial charge in [-0.15, -0.1) is 0 Å². The first-order valence-corrected chi connectivity index (χ1v) is 11.4. The van der Waals surface area contributed by atoms with Gasteiger partial charge in [0.05, 0.1) is 44.8 Å². The number of nitrogens with two attached hydrogens (primary N) is 1. The Morgan fingerprint density at radius 3 is 2.80 bits per heavy atom. The van der Waals surface area contributed by atoms with E-state index in [4.69, 9.17) is 22.1 Å². The quantitative estimate of drug-likeness (QED) is 0.391. The molecule has 0 spiro atoms. The minimum absolute atomic E-state index is 0.162. The largest absolute Gasteiger partial charge is 0.488 e. The number of piperidine rings is 1. The summed E-state index contributed by atoms with van der Waals surface area (Å²) >= 11 is 6.54. The third-order valence-corrected chi connectivity index (χ3v) is 7.11. The van der Waals surface area contributed by atoms with Crippen LogP contribution in [0.2, 0.25) is 5.02 Å². The standard InChI is InChI=1S/C24H19ClF3N5O2/c1-32-20-14-8-13(16(25)9-17(14)31-22(29)15(20)10-30-32)23(34)33-6-2-3-18-21(33)12-5-4-11(24(26,27)28)7-19(12)35-18/h4-5,7-10,18,21H,2-3,6H2,1H3,(H2,29,31)/t18-,21-/m1/s1. The lowest BCUT2D eigenvalue weighted by Gasteiger charge is -2.37. The summed E-state index contributed by atoms with van der Waals surface area (Å²) in [6.07, 6.45) is -1.99. The number of hydrogen-bond acceptors (Lipinski definition) is 5. The molecule has 35 heavy (non-hydrogen) atoms. The molecule has 180 valence electrons. The maximum atomic E-state index is 13.8. The molecule has 0 unspecified atom stereocenters. The Hall–Kier alpha value is -3.53. The van der Waals surface area contributed by atoms with Gasteiger partial charge in [0.2, 0.25) is 0 Å². The molecule has 0 bridgehead atoms. The lowest BCUT2D eigenvalue weighted by molar-refractivity contribution is -0.137. The van der Waals surface area contributed by atoms with Gasteiger partial charge >= 0.3 is 6.18 Å². The summed E-state index contributed by atoms with van der Waals surface area (Å²) in [6, 6.07) is 6.23. The summed E-state index contributed by atoms with van der Waals surface area (Å²) in [7, 11) is 1.77. The van der Waals surface area contributed by atoms with Gasteiger partial charge in [0.15, 0.2) is 0 Å². The van der Waals surface area contributed by atoms with Crippen molar-refractivity contribution in [1.29, 1.82) is 0 Å². The molecule has 11 heteroatoms. The number of nitrogens with zero attached hydrogens (tertiary/aromatic N) is 4. The number of rotatable bonds is 1. The number of aromatic nitrogens is 3. The van der Waals surface area contributed by atoms with Crippen LogP contribution in [0.1, 0.15) is 40.4 Å². The number of benzene rings is 2. The minimum Gasteiger partial charge on any atom is -0.488 e. The number of hydrogen-bond donors (Lipinski definition) is 1. The molecule has 4 heterocycles. The SMILES string of the molecule is Cn1ncc2c(N)nc3cc(Cl)c(C(=O)N4CCC[C@H]5Oc6cc(C(F)(F)F)ccc6[C@H]54)cc3c21. The summed E-state index contributed by atoms with van der Waals surface area (Å²) in [4.78, 5) is 19.9. The van der Waals surface area contributed by atoms with Crippen LogP contribution in [0.3, 0.4) is 0 Å². The van der Waals surface area contributed by atoms with Crippen LogP contribution in [0, 0.1) is 0 Å². The van der Waals surface area contributed by atoms with E-state index in [-0.39, 0.29) is 22.2 Å². The molecule has 1 saturated heterocycles. The molecule has 2 aliphatic rings. The Bertz CT molecular complexity index is 1530. The van der Waals surface area contributed by atoms with Gasteiger partial charge in [-0.25, -0.2) is 4.98 Å². The first-order chi connectivity index (χ1) is 16.6. The van der Waals surface area contributed by atoms with Crippen molar-refractivity contribution in [3.8, 4) is 5.75 Å². The second-order valence-corrected chi connectivity index (χ2v) is 9.28. The molecular weight excluding hydrogens is 483 g/mol. The minimum atomic E-state index is -4.48. The van der Waals surface area contributed by atoms with E-state index in [9.17, 15) is 18.0 Å². The number of halogens is 4. The second kappa shape index (κ2) is 7.48. The molecule has 0 aliphatic carbocycles. The predicted octanol–water partition coefficient (Wildman–Crippen LogP) is 5.11. The smallest absolute Gasteiger partial charge is 0.416 e. The first-order valence-electron chi connectivity index (χ1n) is 11.0. The van der Waals surface area contributed by atoms with Crippen molar-refractivity contribution in [2.75, 3.05) is 12.3 Å². The number of ether oxygens (including phenoxy) is 1. The maximum Gasteiger partial charge on any atom is 0.416 e. The normalized spacial score (nSPS) is 19.6. The van der Waals surface area contributed by atoms with Crippen molar-refractivity contribution in [2.45, 2.75) is 31.2 Å². The van der Waals surface area contributed by atoms with Gasteiger partial charge in [-0.05, 0) is 37.1 Å². The lowest BCUT2D eigenvalue weighted by Crippen LogP contribution is -2.44. The van der Waals surface area contributed by atoms with E-state index in [0.717, 1.165) is 17.6 Å². The van der Waals surface area contributed by atoms with E-state index in [1.165, 1.54) is 6.07 Å². The third kappa shape index (κ3) is 3.30. The molecule has 2 N–H and O–H groups in total. The molecule has 2 aromatic heterocycles.